The van der Waals surface area contributed by atoms with E-state index in [1.165, 1.54) is 0 Å². The van der Waals surface area contributed by atoms with Gasteiger partial charge in [-0.05, 0) is 31.8 Å². The van der Waals surface area contributed by atoms with Crippen molar-refractivity contribution >= 4 is 0 Å². The van der Waals surface area contributed by atoms with Gasteiger partial charge in [-0.2, -0.15) is 0 Å². The van der Waals surface area contributed by atoms with Gasteiger partial charge in [0.15, 0.2) is 0 Å². The van der Waals surface area contributed by atoms with Gasteiger partial charge in [0.1, 0.15) is 5.83 Å². The molecule has 0 bridgehead atoms. The molecule has 0 unspecified atom stereocenters. The second-order valence-electron chi connectivity index (χ2n) is 4.31. The van der Waals surface area contributed by atoms with Gasteiger partial charge >= 0.3 is 0 Å². The van der Waals surface area contributed by atoms with Crippen molar-refractivity contribution < 1.29 is 9.13 Å². The number of ether oxygens (including phenoxy) is 1. The molecule has 0 saturated carbocycles. The van der Waals surface area contributed by atoms with Crippen LogP contribution in [0.5, 0.6) is 0 Å². The van der Waals surface area contributed by atoms with Gasteiger partial charge in [0.2, 0.25) is 0 Å². The molecular weight excluding hydrogens is 155 g/mol. The summed E-state index contributed by atoms with van der Waals surface area (Å²) in [6.07, 6.45) is 0.719. The van der Waals surface area contributed by atoms with E-state index in [1.54, 1.807) is 0 Å². The Hall–Kier alpha value is -0.370. The largest absolute Gasteiger partial charge is 0.368 e. The Kier molecular flexibility index (Phi) is 2.57. The average Bonchev–Trinajstić information content (AvgIpc) is 1.94. The van der Waals surface area contributed by atoms with Gasteiger partial charge in [0.05, 0.1) is 12.2 Å². The van der Waals surface area contributed by atoms with Crippen LogP contribution in [0.15, 0.2) is 11.4 Å². The standard InChI is InChI=1S/C10H17FO/c1-7(2)8-5-10(3,4)12-6-9(8)11/h7H,5-6H2,1-4H3. The second-order valence-corrected chi connectivity index (χ2v) is 4.31. The zero-order valence-electron chi connectivity index (χ0n) is 8.28. The molecular formula is C10H17FO. The van der Waals surface area contributed by atoms with Crippen LogP contribution in [0.1, 0.15) is 34.1 Å². The zero-order valence-corrected chi connectivity index (χ0v) is 8.28. The van der Waals surface area contributed by atoms with Crippen LogP contribution >= 0.6 is 0 Å². The maximum Gasteiger partial charge on any atom is 0.125 e. The van der Waals surface area contributed by atoms with Crippen LogP contribution in [0, 0.1) is 5.92 Å². The molecule has 0 atom stereocenters. The molecule has 1 aliphatic rings. The minimum atomic E-state index is -0.185. The maximum atomic E-state index is 13.2. The summed E-state index contributed by atoms with van der Waals surface area (Å²) in [5, 5.41) is 0. The van der Waals surface area contributed by atoms with E-state index < -0.39 is 0 Å². The average molecular weight is 172 g/mol. The topological polar surface area (TPSA) is 9.23 Å². The number of hydrogen-bond donors (Lipinski definition) is 0. The highest BCUT2D eigenvalue weighted by atomic mass is 19.1. The van der Waals surface area contributed by atoms with E-state index >= 15 is 0 Å². The molecule has 2 heteroatoms. The highest BCUT2D eigenvalue weighted by Crippen LogP contribution is 2.33. The summed E-state index contributed by atoms with van der Waals surface area (Å²) in [4.78, 5) is 0. The molecule has 0 aromatic carbocycles. The summed E-state index contributed by atoms with van der Waals surface area (Å²) in [5.41, 5.74) is 0.737. The molecule has 0 fully saturated rings. The molecule has 1 rings (SSSR count). The van der Waals surface area contributed by atoms with E-state index in [4.69, 9.17) is 4.74 Å². The molecule has 1 nitrogen and oxygen atoms in total. The van der Waals surface area contributed by atoms with Crippen molar-refractivity contribution in [2.45, 2.75) is 39.7 Å². The Morgan fingerprint density at radius 1 is 1.42 bits per heavy atom. The van der Waals surface area contributed by atoms with Gasteiger partial charge < -0.3 is 4.74 Å². The minimum absolute atomic E-state index is 0.0654. The van der Waals surface area contributed by atoms with Gasteiger partial charge in [-0.3, -0.25) is 0 Å². The molecule has 1 heterocycles. The number of rotatable bonds is 1. The zero-order chi connectivity index (χ0) is 9.35. The highest BCUT2D eigenvalue weighted by Gasteiger charge is 2.29. The summed E-state index contributed by atoms with van der Waals surface area (Å²) in [6.45, 7) is 8.21. The first-order chi connectivity index (χ1) is 5.42. The lowest BCUT2D eigenvalue weighted by atomic mass is 9.88. The first-order valence-corrected chi connectivity index (χ1v) is 4.44. The summed E-state index contributed by atoms with van der Waals surface area (Å²) in [5.74, 6) is 0.234. The molecule has 0 saturated heterocycles. The van der Waals surface area contributed by atoms with Crippen LogP contribution in [0.25, 0.3) is 0 Å². The van der Waals surface area contributed by atoms with Gasteiger partial charge in [0, 0.05) is 0 Å². The monoisotopic (exact) mass is 172 g/mol. The molecule has 0 aliphatic carbocycles. The van der Waals surface area contributed by atoms with Gasteiger partial charge in [-0.1, -0.05) is 13.8 Å². The van der Waals surface area contributed by atoms with Crippen LogP contribution in [0.2, 0.25) is 0 Å². The lowest BCUT2D eigenvalue weighted by Crippen LogP contribution is -2.31. The van der Waals surface area contributed by atoms with E-state index in [9.17, 15) is 4.39 Å². The van der Waals surface area contributed by atoms with Crippen molar-refractivity contribution in [3.05, 3.63) is 11.4 Å². The molecule has 0 spiro atoms. The molecule has 12 heavy (non-hydrogen) atoms. The predicted octanol–water partition coefficient (Wildman–Crippen LogP) is 3.06. The Morgan fingerprint density at radius 3 is 2.42 bits per heavy atom. The smallest absolute Gasteiger partial charge is 0.125 e. The molecule has 70 valence electrons. The normalized spacial score (nSPS) is 23.5. The quantitative estimate of drug-likeness (QED) is 0.590. The first-order valence-electron chi connectivity index (χ1n) is 4.44. The third-order valence-electron chi connectivity index (χ3n) is 2.25. The molecule has 1 aliphatic heterocycles. The lowest BCUT2D eigenvalue weighted by molar-refractivity contribution is -0.0253. The Morgan fingerprint density at radius 2 is 2.00 bits per heavy atom. The fraction of sp³-hybridized carbons (Fsp3) is 0.800. The van der Waals surface area contributed by atoms with Crippen LogP contribution in [-0.2, 0) is 4.74 Å². The minimum Gasteiger partial charge on any atom is -0.368 e. The third-order valence-corrected chi connectivity index (χ3v) is 2.25. The van der Waals surface area contributed by atoms with Crippen LogP contribution < -0.4 is 0 Å². The van der Waals surface area contributed by atoms with E-state index in [0.29, 0.717) is 5.92 Å². The molecule has 0 N–H and O–H groups in total. The van der Waals surface area contributed by atoms with E-state index in [2.05, 4.69) is 0 Å². The maximum absolute atomic E-state index is 13.2. The van der Waals surface area contributed by atoms with Gasteiger partial charge in [-0.15, -0.1) is 0 Å². The summed E-state index contributed by atoms with van der Waals surface area (Å²) < 4.78 is 18.5. The third kappa shape index (κ3) is 2.07. The van der Waals surface area contributed by atoms with Crippen molar-refractivity contribution in [1.82, 2.24) is 0 Å². The lowest BCUT2D eigenvalue weighted by Gasteiger charge is -2.32. The predicted molar refractivity (Wildman–Crippen MR) is 47.6 cm³/mol. The fourth-order valence-corrected chi connectivity index (χ4v) is 1.47. The van der Waals surface area contributed by atoms with E-state index in [-0.39, 0.29) is 18.0 Å². The van der Waals surface area contributed by atoms with E-state index in [1.807, 2.05) is 27.7 Å². The summed E-state index contributed by atoms with van der Waals surface area (Å²) in [6, 6.07) is 0. The summed E-state index contributed by atoms with van der Waals surface area (Å²) in [7, 11) is 0. The second kappa shape index (κ2) is 3.17. The van der Waals surface area contributed by atoms with Crippen molar-refractivity contribution in [2.75, 3.05) is 6.61 Å². The fourth-order valence-electron chi connectivity index (χ4n) is 1.47. The van der Waals surface area contributed by atoms with Crippen molar-refractivity contribution in [2.24, 2.45) is 5.92 Å². The van der Waals surface area contributed by atoms with E-state index in [0.717, 1.165) is 12.0 Å². The number of halogens is 1. The Balaban J connectivity index is 2.81. The number of hydrogen-bond acceptors (Lipinski definition) is 1. The Bertz CT molecular complexity index is 204. The molecule has 0 aromatic heterocycles. The molecule has 0 radical (unpaired) electrons. The first kappa shape index (κ1) is 9.72. The van der Waals surface area contributed by atoms with Crippen molar-refractivity contribution in [3.63, 3.8) is 0 Å². The van der Waals surface area contributed by atoms with Crippen LogP contribution in [0.3, 0.4) is 0 Å². The van der Waals surface area contributed by atoms with Gasteiger partial charge in [-0.25, -0.2) is 4.39 Å². The SMILES string of the molecule is CC(C)C1=C(F)COC(C)(C)C1. The molecule has 0 aromatic rings. The summed E-state index contributed by atoms with van der Waals surface area (Å²) >= 11 is 0. The van der Waals surface area contributed by atoms with Gasteiger partial charge in [0.25, 0.3) is 0 Å². The van der Waals surface area contributed by atoms with Crippen LogP contribution in [-0.4, -0.2) is 12.2 Å². The van der Waals surface area contributed by atoms with Crippen LogP contribution in [0.4, 0.5) is 4.39 Å². The molecule has 0 amide bonds. The highest BCUT2D eigenvalue weighted by molar-refractivity contribution is 5.16. The van der Waals surface area contributed by atoms with Crippen molar-refractivity contribution in [3.8, 4) is 0 Å². The Labute approximate surface area is 73.6 Å². The van der Waals surface area contributed by atoms with Crippen molar-refractivity contribution in [1.29, 1.82) is 0 Å².